The molecule has 3 rings (SSSR count). The van der Waals surface area contributed by atoms with Crippen LogP contribution in [0, 0.1) is 11.6 Å². The lowest BCUT2D eigenvalue weighted by atomic mass is 10.1. The van der Waals surface area contributed by atoms with Crippen molar-refractivity contribution in [2.45, 2.75) is 25.8 Å². The highest BCUT2D eigenvalue weighted by atomic mass is 35.5. The molecule has 0 radical (unpaired) electrons. The van der Waals surface area contributed by atoms with E-state index >= 15 is 0 Å². The van der Waals surface area contributed by atoms with Crippen LogP contribution in [0.25, 0.3) is 11.3 Å². The maximum Gasteiger partial charge on any atom is 0.220 e. The molecular weight excluding hydrogens is 374 g/mol. The second kappa shape index (κ2) is 8.31. The van der Waals surface area contributed by atoms with E-state index < -0.39 is 11.6 Å². The lowest BCUT2D eigenvalue weighted by molar-refractivity contribution is -0.121. The molecule has 0 aliphatic heterocycles. The summed E-state index contributed by atoms with van der Waals surface area (Å²) in [5.41, 5.74) is 0.625. The van der Waals surface area contributed by atoms with Crippen LogP contribution in [0.4, 0.5) is 8.78 Å². The third kappa shape index (κ3) is 4.71. The van der Waals surface area contributed by atoms with Crippen LogP contribution in [-0.4, -0.2) is 10.9 Å². The first-order valence-corrected chi connectivity index (χ1v) is 8.75. The van der Waals surface area contributed by atoms with E-state index in [1.807, 2.05) is 19.1 Å². The zero-order valence-electron chi connectivity index (χ0n) is 14.5. The number of nitrogens with zero attached hydrogens (tertiary/aromatic N) is 1. The molecule has 0 aliphatic carbocycles. The van der Waals surface area contributed by atoms with E-state index in [4.69, 9.17) is 16.0 Å². The van der Waals surface area contributed by atoms with Crippen molar-refractivity contribution in [2.24, 2.45) is 0 Å². The Hall–Kier alpha value is -2.73. The summed E-state index contributed by atoms with van der Waals surface area (Å²) in [6.45, 7) is 1.85. The fraction of sp³-hybridized carbons (Fsp3) is 0.200. The van der Waals surface area contributed by atoms with E-state index in [2.05, 4.69) is 10.3 Å². The van der Waals surface area contributed by atoms with Crippen molar-refractivity contribution >= 4 is 17.5 Å². The van der Waals surface area contributed by atoms with Crippen molar-refractivity contribution in [2.75, 3.05) is 0 Å². The van der Waals surface area contributed by atoms with Crippen molar-refractivity contribution in [3.63, 3.8) is 0 Å². The molecule has 0 saturated carbocycles. The number of carbonyl (C=O) groups excluding carboxylic acids is 1. The molecular formula is C20H17ClF2N2O2. The zero-order chi connectivity index (χ0) is 19.4. The molecule has 1 heterocycles. The van der Waals surface area contributed by atoms with E-state index in [1.165, 1.54) is 12.3 Å². The van der Waals surface area contributed by atoms with Crippen molar-refractivity contribution < 1.29 is 18.0 Å². The van der Waals surface area contributed by atoms with E-state index in [9.17, 15) is 13.6 Å². The number of carbonyl (C=O) groups is 1. The summed E-state index contributed by atoms with van der Waals surface area (Å²) in [6.07, 6.45) is 1.60. The Labute approximate surface area is 160 Å². The third-order valence-corrected chi connectivity index (χ3v) is 4.29. The summed E-state index contributed by atoms with van der Waals surface area (Å²) in [5.74, 6) is -1.43. The third-order valence-electron chi connectivity index (χ3n) is 4.05. The van der Waals surface area contributed by atoms with Crippen LogP contribution in [0.3, 0.4) is 0 Å². The molecule has 4 nitrogen and oxygen atoms in total. The van der Waals surface area contributed by atoms with Gasteiger partial charge in [-0.1, -0.05) is 29.8 Å². The molecule has 3 aromatic rings. The highest BCUT2D eigenvalue weighted by molar-refractivity contribution is 6.30. The molecule has 1 atom stereocenters. The van der Waals surface area contributed by atoms with Gasteiger partial charge in [-0.2, -0.15) is 0 Å². The summed E-state index contributed by atoms with van der Waals surface area (Å²) in [5, 5.41) is 3.46. The molecule has 2 aromatic carbocycles. The minimum absolute atomic E-state index is 0.00620. The van der Waals surface area contributed by atoms with Crippen molar-refractivity contribution in [3.05, 3.63) is 76.8 Å². The first-order chi connectivity index (χ1) is 12.9. The highest BCUT2D eigenvalue weighted by Gasteiger charge is 2.17. The van der Waals surface area contributed by atoms with Crippen LogP contribution in [0.1, 0.15) is 30.8 Å². The van der Waals surface area contributed by atoms with E-state index in [0.717, 1.165) is 17.7 Å². The number of hydrogen-bond acceptors (Lipinski definition) is 3. The van der Waals surface area contributed by atoms with Crippen LogP contribution < -0.4 is 5.32 Å². The molecule has 140 valence electrons. The van der Waals surface area contributed by atoms with Crippen LogP contribution >= 0.6 is 11.6 Å². The molecule has 0 aliphatic rings. The molecule has 0 saturated heterocycles. The summed E-state index contributed by atoms with van der Waals surface area (Å²) < 4.78 is 33.0. The van der Waals surface area contributed by atoms with Crippen molar-refractivity contribution in [1.29, 1.82) is 0 Å². The number of hydrogen-bond donors (Lipinski definition) is 1. The molecule has 1 N–H and O–H groups in total. The zero-order valence-corrected chi connectivity index (χ0v) is 15.3. The van der Waals surface area contributed by atoms with Gasteiger partial charge in [0.15, 0.2) is 11.7 Å². The molecule has 0 fully saturated rings. The van der Waals surface area contributed by atoms with Gasteiger partial charge in [0.1, 0.15) is 11.6 Å². The quantitative estimate of drug-likeness (QED) is 0.638. The maximum absolute atomic E-state index is 13.8. The summed E-state index contributed by atoms with van der Waals surface area (Å²) >= 11 is 5.95. The van der Waals surface area contributed by atoms with Crippen molar-refractivity contribution in [3.8, 4) is 11.3 Å². The van der Waals surface area contributed by atoms with Crippen LogP contribution in [0.5, 0.6) is 0 Å². The standard InChI is InChI=1S/C20H17ClF2N2O2/c1-12(13-4-2-5-14(21)10-13)25-18(26)8-9-19-24-11-17(27-19)20-15(22)6-3-7-16(20)23/h2-7,10-12H,8-9H2,1H3,(H,25,26)/t12-/m0/s1. The predicted molar refractivity (Wildman–Crippen MR) is 98.2 cm³/mol. The van der Waals surface area contributed by atoms with Gasteiger partial charge >= 0.3 is 0 Å². The number of nitrogens with one attached hydrogen (secondary N) is 1. The number of aromatic nitrogens is 1. The molecule has 0 unspecified atom stereocenters. The molecule has 1 aromatic heterocycles. The first-order valence-electron chi connectivity index (χ1n) is 8.38. The topological polar surface area (TPSA) is 55.1 Å². The van der Waals surface area contributed by atoms with E-state index in [0.29, 0.717) is 5.02 Å². The van der Waals surface area contributed by atoms with Gasteiger partial charge in [-0.05, 0) is 36.8 Å². The van der Waals surface area contributed by atoms with Gasteiger partial charge in [0.2, 0.25) is 5.91 Å². The van der Waals surface area contributed by atoms with Gasteiger partial charge < -0.3 is 9.73 Å². The Morgan fingerprint density at radius 2 is 1.93 bits per heavy atom. The van der Waals surface area contributed by atoms with Crippen LogP contribution in [0.2, 0.25) is 5.02 Å². The van der Waals surface area contributed by atoms with Gasteiger partial charge in [-0.3, -0.25) is 4.79 Å². The lowest BCUT2D eigenvalue weighted by Gasteiger charge is -2.14. The smallest absolute Gasteiger partial charge is 0.220 e. The van der Waals surface area contributed by atoms with E-state index in [1.54, 1.807) is 12.1 Å². The number of halogens is 3. The number of aryl methyl sites for hydroxylation is 1. The molecule has 7 heteroatoms. The van der Waals surface area contributed by atoms with Gasteiger partial charge in [-0.15, -0.1) is 0 Å². The normalized spacial score (nSPS) is 12.0. The fourth-order valence-corrected chi connectivity index (χ4v) is 2.87. The van der Waals surface area contributed by atoms with Gasteiger partial charge in [0.25, 0.3) is 0 Å². The Balaban J connectivity index is 1.59. The number of benzene rings is 2. The number of amides is 1. The predicted octanol–water partition coefficient (Wildman–Crippen LogP) is 5.08. The average molecular weight is 391 g/mol. The summed E-state index contributed by atoms with van der Waals surface area (Å²) in [4.78, 5) is 16.1. The molecule has 0 bridgehead atoms. The SMILES string of the molecule is C[C@H](NC(=O)CCc1ncc(-c2c(F)cccc2F)o1)c1cccc(Cl)c1. The number of rotatable bonds is 6. The minimum Gasteiger partial charge on any atom is -0.441 e. The largest absolute Gasteiger partial charge is 0.441 e. The van der Waals surface area contributed by atoms with E-state index in [-0.39, 0.29) is 42.0 Å². The lowest BCUT2D eigenvalue weighted by Crippen LogP contribution is -2.26. The van der Waals surface area contributed by atoms with Gasteiger partial charge in [-0.25, -0.2) is 13.8 Å². The van der Waals surface area contributed by atoms with Gasteiger partial charge in [0.05, 0.1) is 17.8 Å². The Bertz CT molecular complexity index is 938. The molecule has 27 heavy (non-hydrogen) atoms. The molecule has 0 spiro atoms. The fourth-order valence-electron chi connectivity index (χ4n) is 2.67. The average Bonchev–Trinajstić information content (AvgIpc) is 3.08. The monoisotopic (exact) mass is 390 g/mol. The van der Waals surface area contributed by atoms with Gasteiger partial charge in [0, 0.05) is 17.9 Å². The summed E-state index contributed by atoms with van der Waals surface area (Å²) in [7, 11) is 0. The Morgan fingerprint density at radius 3 is 2.63 bits per heavy atom. The Kier molecular flexibility index (Phi) is 5.86. The second-order valence-corrected chi connectivity index (χ2v) is 6.50. The Morgan fingerprint density at radius 1 is 1.22 bits per heavy atom. The number of oxazole rings is 1. The molecule has 1 amide bonds. The van der Waals surface area contributed by atoms with Crippen LogP contribution in [0.15, 0.2) is 53.1 Å². The summed E-state index contributed by atoms with van der Waals surface area (Å²) in [6, 6.07) is 10.6. The first kappa shape index (κ1) is 19.0. The highest BCUT2D eigenvalue weighted by Crippen LogP contribution is 2.26. The van der Waals surface area contributed by atoms with Crippen LogP contribution in [-0.2, 0) is 11.2 Å². The maximum atomic E-state index is 13.8. The minimum atomic E-state index is -0.731. The second-order valence-electron chi connectivity index (χ2n) is 6.06. The van der Waals surface area contributed by atoms with Crippen molar-refractivity contribution in [1.82, 2.24) is 10.3 Å².